The summed E-state index contributed by atoms with van der Waals surface area (Å²) in [7, 11) is 0. The fraction of sp³-hybridized carbons (Fsp3) is 0.154. The molecule has 88 valence electrons. The van der Waals surface area contributed by atoms with E-state index in [2.05, 4.69) is 5.32 Å². The van der Waals surface area contributed by atoms with Gasteiger partial charge in [0.25, 0.3) is 0 Å². The SMILES string of the molecule is CCOC(=O)Nc1ccc2cccc(O)c2c1. The third-order valence-corrected chi connectivity index (χ3v) is 2.38. The topological polar surface area (TPSA) is 58.6 Å². The molecule has 2 aromatic carbocycles. The number of rotatable bonds is 2. The summed E-state index contributed by atoms with van der Waals surface area (Å²) in [5.74, 6) is 0.190. The first-order valence-corrected chi connectivity index (χ1v) is 5.36. The second-order valence-electron chi connectivity index (χ2n) is 3.56. The maximum atomic E-state index is 11.2. The Labute approximate surface area is 98.8 Å². The van der Waals surface area contributed by atoms with Gasteiger partial charge < -0.3 is 9.84 Å². The third kappa shape index (κ3) is 2.47. The van der Waals surface area contributed by atoms with E-state index in [9.17, 15) is 9.90 Å². The Balaban J connectivity index is 2.31. The summed E-state index contributed by atoms with van der Waals surface area (Å²) >= 11 is 0. The molecule has 0 radical (unpaired) electrons. The maximum absolute atomic E-state index is 11.2. The predicted molar refractivity (Wildman–Crippen MR) is 66.3 cm³/mol. The fourth-order valence-electron chi connectivity index (χ4n) is 1.62. The van der Waals surface area contributed by atoms with Crippen molar-refractivity contribution in [1.29, 1.82) is 0 Å². The zero-order chi connectivity index (χ0) is 12.3. The lowest BCUT2D eigenvalue weighted by atomic mass is 10.1. The molecule has 0 heterocycles. The van der Waals surface area contributed by atoms with E-state index in [0.29, 0.717) is 17.7 Å². The molecule has 1 amide bonds. The lowest BCUT2D eigenvalue weighted by Crippen LogP contribution is -2.13. The number of carbonyl (C=O) groups is 1. The molecule has 0 unspecified atom stereocenters. The molecule has 2 N–H and O–H groups in total. The van der Waals surface area contributed by atoms with Crippen LogP contribution < -0.4 is 5.32 Å². The Bertz CT molecular complexity index is 551. The average molecular weight is 231 g/mol. The first-order chi connectivity index (χ1) is 8.20. The Kier molecular flexibility index (Phi) is 3.14. The molecule has 2 rings (SSSR count). The van der Waals surface area contributed by atoms with Gasteiger partial charge in [-0.3, -0.25) is 5.32 Å². The molecule has 0 aliphatic carbocycles. The second-order valence-corrected chi connectivity index (χ2v) is 3.56. The van der Waals surface area contributed by atoms with E-state index in [0.717, 1.165) is 5.39 Å². The van der Waals surface area contributed by atoms with Crippen LogP contribution in [0, 0.1) is 0 Å². The standard InChI is InChI=1S/C13H13NO3/c1-2-17-13(16)14-10-7-6-9-4-3-5-12(15)11(9)8-10/h3-8,15H,2H2,1H3,(H,14,16). The Hall–Kier alpha value is -2.23. The molecular weight excluding hydrogens is 218 g/mol. The zero-order valence-electron chi connectivity index (χ0n) is 9.43. The molecule has 0 aliphatic heterocycles. The van der Waals surface area contributed by atoms with Crippen LogP contribution in [-0.4, -0.2) is 17.8 Å². The van der Waals surface area contributed by atoms with Crippen molar-refractivity contribution in [3.05, 3.63) is 36.4 Å². The minimum absolute atomic E-state index is 0.190. The Morgan fingerprint density at radius 1 is 1.35 bits per heavy atom. The van der Waals surface area contributed by atoms with Gasteiger partial charge in [0.1, 0.15) is 5.75 Å². The first kappa shape index (κ1) is 11.3. The number of hydrogen-bond donors (Lipinski definition) is 2. The summed E-state index contributed by atoms with van der Waals surface area (Å²) in [6, 6.07) is 10.6. The fourth-order valence-corrected chi connectivity index (χ4v) is 1.62. The Morgan fingerprint density at radius 2 is 2.18 bits per heavy atom. The number of benzene rings is 2. The van der Waals surface area contributed by atoms with E-state index in [1.54, 1.807) is 31.2 Å². The van der Waals surface area contributed by atoms with Crippen LogP contribution in [0.4, 0.5) is 10.5 Å². The zero-order valence-corrected chi connectivity index (χ0v) is 9.43. The number of phenols is 1. The average Bonchev–Trinajstić information content (AvgIpc) is 2.30. The van der Waals surface area contributed by atoms with E-state index in [4.69, 9.17) is 4.74 Å². The highest BCUT2D eigenvalue weighted by Gasteiger charge is 2.04. The predicted octanol–water partition coefficient (Wildman–Crippen LogP) is 3.11. The highest BCUT2D eigenvalue weighted by Crippen LogP contribution is 2.27. The largest absolute Gasteiger partial charge is 0.507 e. The summed E-state index contributed by atoms with van der Waals surface area (Å²) in [4.78, 5) is 11.2. The minimum Gasteiger partial charge on any atom is -0.507 e. The highest BCUT2D eigenvalue weighted by atomic mass is 16.5. The lowest BCUT2D eigenvalue weighted by molar-refractivity contribution is 0.168. The molecule has 0 saturated carbocycles. The van der Waals surface area contributed by atoms with Crippen LogP contribution in [0.25, 0.3) is 10.8 Å². The monoisotopic (exact) mass is 231 g/mol. The maximum Gasteiger partial charge on any atom is 0.411 e. The normalized spacial score (nSPS) is 10.2. The van der Waals surface area contributed by atoms with E-state index in [1.165, 1.54) is 0 Å². The van der Waals surface area contributed by atoms with Gasteiger partial charge in [0.15, 0.2) is 0 Å². The molecule has 4 nitrogen and oxygen atoms in total. The molecule has 0 spiro atoms. The lowest BCUT2D eigenvalue weighted by Gasteiger charge is -2.07. The van der Waals surface area contributed by atoms with Crippen LogP contribution in [0.2, 0.25) is 0 Å². The smallest absolute Gasteiger partial charge is 0.411 e. The summed E-state index contributed by atoms with van der Waals surface area (Å²) in [5.41, 5.74) is 0.595. The van der Waals surface area contributed by atoms with E-state index < -0.39 is 6.09 Å². The van der Waals surface area contributed by atoms with Gasteiger partial charge in [0.2, 0.25) is 0 Å². The van der Waals surface area contributed by atoms with Gasteiger partial charge in [-0.05, 0) is 30.5 Å². The molecule has 4 heteroatoms. The van der Waals surface area contributed by atoms with E-state index in [-0.39, 0.29) is 5.75 Å². The minimum atomic E-state index is -0.498. The van der Waals surface area contributed by atoms with Crippen LogP contribution in [0.5, 0.6) is 5.75 Å². The van der Waals surface area contributed by atoms with Crippen LogP contribution in [0.3, 0.4) is 0 Å². The number of phenolic OH excluding ortho intramolecular Hbond substituents is 1. The number of amides is 1. The van der Waals surface area contributed by atoms with Crippen molar-refractivity contribution in [2.24, 2.45) is 0 Å². The van der Waals surface area contributed by atoms with Gasteiger partial charge in [-0.15, -0.1) is 0 Å². The molecule has 0 saturated heterocycles. The van der Waals surface area contributed by atoms with Crippen molar-refractivity contribution in [1.82, 2.24) is 0 Å². The molecule has 0 bridgehead atoms. The number of anilines is 1. The van der Waals surface area contributed by atoms with E-state index >= 15 is 0 Å². The van der Waals surface area contributed by atoms with Crippen molar-refractivity contribution < 1.29 is 14.6 Å². The molecular formula is C13H13NO3. The quantitative estimate of drug-likeness (QED) is 0.834. The number of ether oxygens (including phenoxy) is 1. The van der Waals surface area contributed by atoms with Crippen molar-refractivity contribution in [2.75, 3.05) is 11.9 Å². The first-order valence-electron chi connectivity index (χ1n) is 5.36. The van der Waals surface area contributed by atoms with Crippen molar-refractivity contribution in [3.8, 4) is 5.75 Å². The van der Waals surface area contributed by atoms with Gasteiger partial charge in [-0.25, -0.2) is 4.79 Å². The summed E-state index contributed by atoms with van der Waals surface area (Å²) in [6.45, 7) is 2.07. The van der Waals surface area contributed by atoms with Gasteiger partial charge in [0.05, 0.1) is 6.61 Å². The molecule has 0 fully saturated rings. The van der Waals surface area contributed by atoms with Crippen LogP contribution in [-0.2, 0) is 4.74 Å². The highest BCUT2D eigenvalue weighted by molar-refractivity contribution is 5.94. The summed E-state index contributed by atoms with van der Waals surface area (Å²) < 4.78 is 4.78. The molecule has 0 atom stereocenters. The van der Waals surface area contributed by atoms with E-state index in [1.807, 2.05) is 12.1 Å². The van der Waals surface area contributed by atoms with Crippen LogP contribution in [0.15, 0.2) is 36.4 Å². The number of hydrogen-bond acceptors (Lipinski definition) is 3. The molecule has 0 aromatic heterocycles. The Morgan fingerprint density at radius 3 is 2.94 bits per heavy atom. The number of aromatic hydroxyl groups is 1. The van der Waals surface area contributed by atoms with Crippen molar-refractivity contribution in [3.63, 3.8) is 0 Å². The van der Waals surface area contributed by atoms with Crippen LogP contribution >= 0.6 is 0 Å². The van der Waals surface area contributed by atoms with Crippen molar-refractivity contribution >= 4 is 22.6 Å². The third-order valence-electron chi connectivity index (χ3n) is 2.38. The van der Waals surface area contributed by atoms with Gasteiger partial charge in [0, 0.05) is 11.1 Å². The van der Waals surface area contributed by atoms with Crippen molar-refractivity contribution in [2.45, 2.75) is 6.92 Å². The molecule has 2 aromatic rings. The van der Waals surface area contributed by atoms with Gasteiger partial charge in [-0.1, -0.05) is 18.2 Å². The summed E-state index contributed by atoms with van der Waals surface area (Å²) in [6.07, 6.45) is -0.498. The molecule has 17 heavy (non-hydrogen) atoms. The number of carbonyl (C=O) groups excluding carboxylic acids is 1. The van der Waals surface area contributed by atoms with Gasteiger partial charge in [-0.2, -0.15) is 0 Å². The second kappa shape index (κ2) is 4.74. The number of nitrogens with one attached hydrogen (secondary N) is 1. The number of fused-ring (bicyclic) bond motifs is 1. The van der Waals surface area contributed by atoms with Crippen LogP contribution in [0.1, 0.15) is 6.92 Å². The summed E-state index contributed by atoms with van der Waals surface area (Å²) in [5, 5.41) is 13.9. The van der Waals surface area contributed by atoms with Gasteiger partial charge >= 0.3 is 6.09 Å². The molecule has 0 aliphatic rings.